The van der Waals surface area contributed by atoms with Gasteiger partial charge in [-0.2, -0.15) is 0 Å². The second kappa shape index (κ2) is 15.9. The first-order valence-electron chi connectivity index (χ1n) is 5.80. The molecule has 0 aromatic rings. The molecule has 0 unspecified atom stereocenters. The molecule has 0 atom stereocenters. The average Bonchev–Trinajstić information content (AvgIpc) is 2.17. The number of methoxy groups -OCH3 is 1. The van der Waals surface area contributed by atoms with E-state index in [-0.39, 0.29) is 0 Å². The van der Waals surface area contributed by atoms with Crippen LogP contribution in [0.25, 0.3) is 0 Å². The molecule has 0 aromatic carbocycles. The summed E-state index contributed by atoms with van der Waals surface area (Å²) in [5.74, 6) is -0.663. The summed E-state index contributed by atoms with van der Waals surface area (Å²) in [5, 5.41) is 8.35. The minimum Gasteiger partial charge on any atom is -0.481 e. The fourth-order valence-electron chi connectivity index (χ4n) is 1.23. The summed E-state index contributed by atoms with van der Waals surface area (Å²) in [6.45, 7) is 2.20. The van der Waals surface area contributed by atoms with E-state index in [1.165, 1.54) is 32.1 Å². The van der Waals surface area contributed by atoms with Crippen LogP contribution in [0.2, 0.25) is 0 Å². The molecule has 92 valence electrons. The molecule has 0 saturated heterocycles. The lowest BCUT2D eigenvalue weighted by molar-refractivity contribution is -0.137. The van der Waals surface area contributed by atoms with Gasteiger partial charge in [-0.3, -0.25) is 4.79 Å². The molecule has 1 N–H and O–H groups in total. The Morgan fingerprint density at radius 3 is 1.80 bits per heavy atom. The molecule has 0 fully saturated rings. The third-order valence-corrected chi connectivity index (χ3v) is 1.99. The maximum absolute atomic E-state index is 10.1. The number of hydrogen-bond donors (Lipinski definition) is 1. The molecule has 0 saturated carbocycles. The Morgan fingerprint density at radius 2 is 1.40 bits per heavy atom. The second-order valence-corrected chi connectivity index (χ2v) is 3.67. The van der Waals surface area contributed by atoms with Crippen molar-refractivity contribution in [3.63, 3.8) is 0 Å². The van der Waals surface area contributed by atoms with Crippen LogP contribution in [0.1, 0.15) is 58.3 Å². The quantitative estimate of drug-likeness (QED) is 0.634. The number of carbonyl (C=O) groups is 1. The van der Waals surface area contributed by atoms with Crippen LogP contribution in [0.4, 0.5) is 0 Å². The van der Waals surface area contributed by atoms with Crippen LogP contribution in [0.5, 0.6) is 0 Å². The van der Waals surface area contributed by atoms with Crippen LogP contribution in [-0.4, -0.2) is 25.3 Å². The lowest BCUT2D eigenvalue weighted by atomic mass is 10.1. The summed E-state index contributed by atoms with van der Waals surface area (Å²) in [6, 6.07) is 0. The number of unbranched alkanes of at least 4 members (excludes halogenated alkanes) is 6. The van der Waals surface area contributed by atoms with Crippen LogP contribution in [-0.2, 0) is 9.53 Å². The van der Waals surface area contributed by atoms with Gasteiger partial charge in [0.15, 0.2) is 0 Å². The van der Waals surface area contributed by atoms with E-state index in [1.807, 2.05) is 0 Å². The van der Waals surface area contributed by atoms with E-state index < -0.39 is 5.97 Å². The van der Waals surface area contributed by atoms with E-state index in [0.717, 1.165) is 12.8 Å². The zero-order valence-electron chi connectivity index (χ0n) is 10.4. The standard InChI is InChI=1S/C10H20O2.C2H6O/c1-2-3-4-5-6-7-8-9-10(11)12;1-3-2/h2-9H2,1H3,(H,11,12);1-2H3. The van der Waals surface area contributed by atoms with Crippen LogP contribution in [0.15, 0.2) is 0 Å². The van der Waals surface area contributed by atoms with Gasteiger partial charge in [0.05, 0.1) is 0 Å². The van der Waals surface area contributed by atoms with Gasteiger partial charge in [0.1, 0.15) is 0 Å². The van der Waals surface area contributed by atoms with Crippen LogP contribution >= 0.6 is 0 Å². The van der Waals surface area contributed by atoms with E-state index in [0.29, 0.717) is 6.42 Å². The molecule has 0 radical (unpaired) electrons. The summed E-state index contributed by atoms with van der Waals surface area (Å²) in [7, 11) is 3.25. The number of carboxylic acids is 1. The van der Waals surface area contributed by atoms with Gasteiger partial charge >= 0.3 is 5.97 Å². The molecule has 0 heterocycles. The van der Waals surface area contributed by atoms with Crippen molar-refractivity contribution in [2.75, 3.05) is 14.2 Å². The Morgan fingerprint density at radius 1 is 1.00 bits per heavy atom. The van der Waals surface area contributed by atoms with E-state index in [9.17, 15) is 4.79 Å². The Hall–Kier alpha value is -0.570. The molecule has 0 bridgehead atoms. The third kappa shape index (κ3) is 24.7. The summed E-state index contributed by atoms with van der Waals surface area (Å²) in [4.78, 5) is 10.1. The Balaban J connectivity index is 0. The van der Waals surface area contributed by atoms with Crippen molar-refractivity contribution in [3.05, 3.63) is 0 Å². The van der Waals surface area contributed by atoms with Crippen LogP contribution in [0, 0.1) is 0 Å². The maximum Gasteiger partial charge on any atom is 0.303 e. The zero-order valence-corrected chi connectivity index (χ0v) is 10.4. The normalized spacial score (nSPS) is 9.27. The van der Waals surface area contributed by atoms with Gasteiger partial charge in [-0.1, -0.05) is 45.4 Å². The maximum atomic E-state index is 10.1. The van der Waals surface area contributed by atoms with E-state index in [4.69, 9.17) is 5.11 Å². The summed E-state index contributed by atoms with van der Waals surface area (Å²) >= 11 is 0. The largest absolute Gasteiger partial charge is 0.481 e. The van der Waals surface area contributed by atoms with Crippen molar-refractivity contribution in [1.29, 1.82) is 0 Å². The van der Waals surface area contributed by atoms with Crippen molar-refractivity contribution in [3.8, 4) is 0 Å². The first-order valence-corrected chi connectivity index (χ1v) is 5.80. The molecular weight excluding hydrogens is 192 g/mol. The molecule has 15 heavy (non-hydrogen) atoms. The van der Waals surface area contributed by atoms with E-state index in [2.05, 4.69) is 11.7 Å². The predicted octanol–water partition coefficient (Wildman–Crippen LogP) is 3.47. The van der Waals surface area contributed by atoms with Gasteiger partial charge < -0.3 is 9.84 Å². The first-order chi connectivity index (χ1) is 7.18. The highest BCUT2D eigenvalue weighted by molar-refractivity contribution is 5.66. The third-order valence-electron chi connectivity index (χ3n) is 1.99. The Kier molecular flexibility index (Phi) is 17.8. The molecule has 0 aliphatic rings. The molecule has 0 aliphatic carbocycles. The molecule has 0 aliphatic heterocycles. The van der Waals surface area contributed by atoms with Crippen molar-refractivity contribution < 1.29 is 14.6 Å². The van der Waals surface area contributed by atoms with Crippen LogP contribution in [0.3, 0.4) is 0 Å². The van der Waals surface area contributed by atoms with Crippen molar-refractivity contribution in [2.45, 2.75) is 58.3 Å². The first kappa shape index (κ1) is 16.8. The van der Waals surface area contributed by atoms with Crippen LogP contribution < -0.4 is 0 Å². The Bertz CT molecular complexity index is 124. The highest BCUT2D eigenvalue weighted by Gasteiger charge is 1.95. The molecule has 0 amide bonds. The van der Waals surface area contributed by atoms with Crippen molar-refractivity contribution >= 4 is 5.97 Å². The molecule has 0 spiro atoms. The van der Waals surface area contributed by atoms with Gasteiger partial charge in [0.2, 0.25) is 0 Å². The van der Waals surface area contributed by atoms with Gasteiger partial charge in [-0.25, -0.2) is 0 Å². The van der Waals surface area contributed by atoms with Gasteiger partial charge in [-0.05, 0) is 6.42 Å². The monoisotopic (exact) mass is 218 g/mol. The number of rotatable bonds is 8. The smallest absolute Gasteiger partial charge is 0.303 e. The number of hydrogen-bond acceptors (Lipinski definition) is 2. The second-order valence-electron chi connectivity index (χ2n) is 3.67. The minimum absolute atomic E-state index is 0.341. The summed E-state index contributed by atoms with van der Waals surface area (Å²) in [5.41, 5.74) is 0. The topological polar surface area (TPSA) is 46.5 Å². The molecule has 0 aromatic heterocycles. The lowest BCUT2D eigenvalue weighted by Gasteiger charge is -1.98. The van der Waals surface area contributed by atoms with Gasteiger partial charge in [0.25, 0.3) is 0 Å². The van der Waals surface area contributed by atoms with Gasteiger partial charge in [0, 0.05) is 20.6 Å². The summed E-state index contributed by atoms with van der Waals surface area (Å²) in [6.07, 6.45) is 8.64. The van der Waals surface area contributed by atoms with E-state index in [1.54, 1.807) is 14.2 Å². The highest BCUT2D eigenvalue weighted by atomic mass is 16.4. The fourth-order valence-corrected chi connectivity index (χ4v) is 1.23. The number of carboxylic acid groups (broad SMARTS) is 1. The zero-order chi connectivity index (χ0) is 11.9. The molecule has 0 rings (SSSR count). The van der Waals surface area contributed by atoms with Crippen molar-refractivity contribution in [2.24, 2.45) is 0 Å². The minimum atomic E-state index is -0.663. The fraction of sp³-hybridized carbons (Fsp3) is 0.917. The number of aliphatic carboxylic acids is 1. The summed E-state index contributed by atoms with van der Waals surface area (Å²) < 4.78 is 4.25. The Labute approximate surface area is 93.8 Å². The molecule has 3 heteroatoms. The highest BCUT2D eigenvalue weighted by Crippen LogP contribution is 2.07. The molecular formula is C12H26O3. The SMILES string of the molecule is CCCCCCCCCC(=O)O.COC. The molecule has 3 nitrogen and oxygen atoms in total. The van der Waals surface area contributed by atoms with Gasteiger partial charge in [-0.15, -0.1) is 0 Å². The lowest BCUT2D eigenvalue weighted by Crippen LogP contribution is -1.93. The number of ether oxygens (including phenoxy) is 1. The van der Waals surface area contributed by atoms with Crippen molar-refractivity contribution in [1.82, 2.24) is 0 Å². The average molecular weight is 218 g/mol. The predicted molar refractivity (Wildman–Crippen MR) is 63.2 cm³/mol. The van der Waals surface area contributed by atoms with E-state index >= 15 is 0 Å².